The van der Waals surface area contributed by atoms with Crippen LogP contribution in [-0.4, -0.2) is 27.1 Å². The standard InChI is InChI=1S/C12H12BrN3O2/c13-9-1-2-11(17)10(7-9)12(18)15-4-6-16-5-3-14-8-16/h1-3,5,7-8,17H,4,6H2,(H,15,18). The van der Waals surface area contributed by atoms with Crippen molar-refractivity contribution in [1.29, 1.82) is 0 Å². The van der Waals surface area contributed by atoms with Gasteiger partial charge in [-0.25, -0.2) is 4.98 Å². The topological polar surface area (TPSA) is 67.2 Å². The molecule has 0 saturated carbocycles. The largest absolute Gasteiger partial charge is 0.507 e. The minimum atomic E-state index is -0.297. The van der Waals surface area contributed by atoms with Crippen molar-refractivity contribution in [2.75, 3.05) is 6.54 Å². The van der Waals surface area contributed by atoms with Crippen molar-refractivity contribution in [2.24, 2.45) is 0 Å². The Morgan fingerprint density at radius 2 is 2.33 bits per heavy atom. The molecule has 2 aromatic rings. The van der Waals surface area contributed by atoms with E-state index >= 15 is 0 Å². The van der Waals surface area contributed by atoms with Gasteiger partial charge in [0.1, 0.15) is 5.75 Å². The van der Waals surface area contributed by atoms with Crippen LogP contribution in [0.1, 0.15) is 10.4 Å². The highest BCUT2D eigenvalue weighted by atomic mass is 79.9. The highest BCUT2D eigenvalue weighted by molar-refractivity contribution is 9.10. The number of nitrogens with zero attached hydrogens (tertiary/aromatic N) is 2. The van der Waals surface area contributed by atoms with Gasteiger partial charge < -0.3 is 15.0 Å². The lowest BCUT2D eigenvalue weighted by atomic mass is 10.2. The summed E-state index contributed by atoms with van der Waals surface area (Å²) in [6.07, 6.45) is 5.19. The van der Waals surface area contributed by atoms with Gasteiger partial charge in [0.15, 0.2) is 0 Å². The maximum absolute atomic E-state index is 11.8. The lowest BCUT2D eigenvalue weighted by Crippen LogP contribution is -2.27. The van der Waals surface area contributed by atoms with Gasteiger partial charge >= 0.3 is 0 Å². The summed E-state index contributed by atoms with van der Waals surface area (Å²) in [5.41, 5.74) is 0.259. The van der Waals surface area contributed by atoms with E-state index < -0.39 is 0 Å². The molecule has 18 heavy (non-hydrogen) atoms. The summed E-state index contributed by atoms with van der Waals surface area (Å²) in [7, 11) is 0. The molecule has 1 aromatic carbocycles. The van der Waals surface area contributed by atoms with E-state index in [1.54, 1.807) is 24.7 Å². The summed E-state index contributed by atoms with van der Waals surface area (Å²) in [5.74, 6) is -0.327. The lowest BCUT2D eigenvalue weighted by molar-refractivity contribution is 0.0949. The molecule has 0 saturated heterocycles. The number of aromatic nitrogens is 2. The molecule has 0 fully saturated rings. The fourth-order valence-corrected chi connectivity index (χ4v) is 1.86. The fraction of sp³-hybridized carbons (Fsp3) is 0.167. The number of phenols is 1. The molecule has 1 amide bonds. The van der Waals surface area contributed by atoms with Gasteiger partial charge in [-0.1, -0.05) is 15.9 Å². The van der Waals surface area contributed by atoms with Gasteiger partial charge in [0.25, 0.3) is 5.91 Å². The van der Waals surface area contributed by atoms with E-state index in [-0.39, 0.29) is 17.2 Å². The number of imidazole rings is 1. The second-order valence-corrected chi connectivity index (χ2v) is 4.63. The van der Waals surface area contributed by atoms with Crippen LogP contribution in [0.3, 0.4) is 0 Å². The Kier molecular flexibility index (Phi) is 3.99. The molecule has 0 aliphatic carbocycles. The number of rotatable bonds is 4. The molecule has 1 aromatic heterocycles. The van der Waals surface area contributed by atoms with Crippen LogP contribution in [0, 0.1) is 0 Å². The quantitative estimate of drug-likeness (QED) is 0.904. The van der Waals surface area contributed by atoms with E-state index in [0.29, 0.717) is 13.1 Å². The third-order valence-corrected chi connectivity index (χ3v) is 2.91. The van der Waals surface area contributed by atoms with Crippen molar-refractivity contribution in [3.63, 3.8) is 0 Å². The maximum atomic E-state index is 11.8. The monoisotopic (exact) mass is 309 g/mol. The van der Waals surface area contributed by atoms with Crippen LogP contribution in [0.4, 0.5) is 0 Å². The van der Waals surface area contributed by atoms with Gasteiger partial charge in [0.2, 0.25) is 0 Å². The third kappa shape index (κ3) is 3.10. The second kappa shape index (κ2) is 5.68. The van der Waals surface area contributed by atoms with Gasteiger partial charge in [-0.3, -0.25) is 4.79 Å². The molecule has 2 N–H and O–H groups in total. The first-order valence-corrected chi connectivity index (χ1v) is 6.18. The predicted molar refractivity (Wildman–Crippen MR) is 70.4 cm³/mol. The molecule has 5 nitrogen and oxygen atoms in total. The first-order valence-electron chi connectivity index (χ1n) is 5.39. The van der Waals surface area contributed by atoms with Crippen molar-refractivity contribution in [2.45, 2.75) is 6.54 Å². The molecule has 1 heterocycles. The summed E-state index contributed by atoms with van der Waals surface area (Å²) in [4.78, 5) is 15.7. The SMILES string of the molecule is O=C(NCCn1ccnc1)c1cc(Br)ccc1O. The molecule has 6 heteroatoms. The minimum absolute atomic E-state index is 0.0293. The van der Waals surface area contributed by atoms with Gasteiger partial charge in [0.05, 0.1) is 11.9 Å². The number of aromatic hydroxyl groups is 1. The van der Waals surface area contributed by atoms with Crippen LogP contribution in [-0.2, 0) is 6.54 Å². The minimum Gasteiger partial charge on any atom is -0.507 e. The summed E-state index contributed by atoms with van der Waals surface area (Å²) >= 11 is 3.26. The molecule has 0 radical (unpaired) electrons. The van der Waals surface area contributed by atoms with E-state index in [1.165, 1.54) is 6.07 Å². The molecule has 0 unspecified atom stereocenters. The molecule has 0 bridgehead atoms. The Labute approximate surface area is 113 Å². The number of halogens is 1. The molecular weight excluding hydrogens is 298 g/mol. The molecule has 94 valence electrons. The first kappa shape index (κ1) is 12.6. The van der Waals surface area contributed by atoms with Crippen LogP contribution in [0.15, 0.2) is 41.4 Å². The Morgan fingerprint density at radius 1 is 1.50 bits per heavy atom. The Hall–Kier alpha value is -1.82. The molecule has 2 rings (SSSR count). The molecule has 0 aliphatic rings. The number of amides is 1. The van der Waals surface area contributed by atoms with Crippen molar-refractivity contribution in [1.82, 2.24) is 14.9 Å². The second-order valence-electron chi connectivity index (χ2n) is 3.72. The van der Waals surface area contributed by atoms with Crippen molar-refractivity contribution in [3.05, 3.63) is 47.0 Å². The van der Waals surface area contributed by atoms with Gasteiger partial charge in [-0.2, -0.15) is 0 Å². The molecule has 0 aliphatic heterocycles. The van der Waals surface area contributed by atoms with Crippen LogP contribution in [0.25, 0.3) is 0 Å². The van der Waals surface area contributed by atoms with E-state index in [9.17, 15) is 9.90 Å². The van der Waals surface area contributed by atoms with E-state index in [2.05, 4.69) is 26.2 Å². The van der Waals surface area contributed by atoms with E-state index in [4.69, 9.17) is 0 Å². The maximum Gasteiger partial charge on any atom is 0.255 e. The predicted octanol–water partition coefficient (Wildman–Crippen LogP) is 1.78. The highest BCUT2D eigenvalue weighted by Gasteiger charge is 2.10. The molecular formula is C12H12BrN3O2. The first-order chi connectivity index (χ1) is 8.66. The van der Waals surface area contributed by atoms with Crippen LogP contribution < -0.4 is 5.32 Å². The lowest BCUT2D eigenvalue weighted by Gasteiger charge is -2.07. The van der Waals surface area contributed by atoms with Crippen molar-refractivity contribution < 1.29 is 9.90 Å². The molecule has 0 spiro atoms. The van der Waals surface area contributed by atoms with Crippen molar-refractivity contribution in [3.8, 4) is 5.75 Å². The van der Waals surface area contributed by atoms with Gasteiger partial charge in [-0.15, -0.1) is 0 Å². The van der Waals surface area contributed by atoms with Crippen LogP contribution >= 0.6 is 15.9 Å². The number of hydrogen-bond donors (Lipinski definition) is 2. The number of phenolic OH excluding ortho intramolecular Hbond substituents is 1. The Morgan fingerprint density at radius 3 is 3.06 bits per heavy atom. The van der Waals surface area contributed by atoms with Crippen LogP contribution in [0.2, 0.25) is 0 Å². The normalized spacial score (nSPS) is 10.3. The summed E-state index contributed by atoms with van der Waals surface area (Å²) in [6.45, 7) is 1.11. The van der Waals surface area contributed by atoms with Gasteiger partial charge in [-0.05, 0) is 18.2 Å². The van der Waals surface area contributed by atoms with Crippen molar-refractivity contribution >= 4 is 21.8 Å². The van der Waals surface area contributed by atoms with E-state index in [1.807, 2.05) is 10.8 Å². The summed E-state index contributed by atoms with van der Waals surface area (Å²) in [5, 5.41) is 12.3. The smallest absolute Gasteiger partial charge is 0.255 e. The Bertz CT molecular complexity index is 540. The number of benzene rings is 1. The number of nitrogens with one attached hydrogen (secondary N) is 1. The number of carbonyl (C=O) groups excluding carboxylic acids is 1. The fourth-order valence-electron chi connectivity index (χ4n) is 1.50. The summed E-state index contributed by atoms with van der Waals surface area (Å²) < 4.78 is 2.61. The highest BCUT2D eigenvalue weighted by Crippen LogP contribution is 2.21. The third-order valence-electron chi connectivity index (χ3n) is 2.42. The number of hydrogen-bond acceptors (Lipinski definition) is 3. The average molecular weight is 310 g/mol. The molecule has 0 atom stereocenters. The zero-order valence-electron chi connectivity index (χ0n) is 9.51. The zero-order chi connectivity index (χ0) is 13.0. The average Bonchev–Trinajstić information content (AvgIpc) is 2.85. The van der Waals surface area contributed by atoms with Gasteiger partial charge in [0, 0.05) is 30.0 Å². The van der Waals surface area contributed by atoms with Crippen LogP contribution in [0.5, 0.6) is 5.75 Å². The number of carbonyl (C=O) groups is 1. The van der Waals surface area contributed by atoms with E-state index in [0.717, 1.165) is 4.47 Å². The Balaban J connectivity index is 1.93. The summed E-state index contributed by atoms with van der Waals surface area (Å²) in [6, 6.07) is 4.74. The zero-order valence-corrected chi connectivity index (χ0v) is 11.1.